The van der Waals surface area contributed by atoms with Gasteiger partial charge in [-0.3, -0.25) is 0 Å². The highest BCUT2D eigenvalue weighted by Gasteiger charge is 2.11. The fourth-order valence-electron chi connectivity index (χ4n) is 1.47. The van der Waals surface area contributed by atoms with E-state index in [1.807, 2.05) is 0 Å². The minimum Gasteiger partial charge on any atom is -0.385 e. The molecule has 0 amide bonds. The van der Waals surface area contributed by atoms with E-state index in [0.29, 0.717) is 6.04 Å². The molecule has 2 heteroatoms. The van der Waals surface area contributed by atoms with Crippen molar-refractivity contribution in [2.24, 2.45) is 11.8 Å². The molecule has 0 rings (SSSR count). The minimum absolute atomic E-state index is 0.608. The summed E-state index contributed by atoms with van der Waals surface area (Å²) in [6.07, 6.45) is 2.45. The smallest absolute Gasteiger partial charge is 0.0464 e. The SMILES string of the molecule is COCCC(C)C(C)CCNC(C)C. The molecule has 0 aliphatic rings. The van der Waals surface area contributed by atoms with Crippen molar-refractivity contribution in [2.45, 2.75) is 46.6 Å². The van der Waals surface area contributed by atoms with E-state index in [2.05, 4.69) is 33.0 Å². The summed E-state index contributed by atoms with van der Waals surface area (Å²) >= 11 is 0. The molecule has 2 unspecified atom stereocenters. The summed E-state index contributed by atoms with van der Waals surface area (Å²) < 4.78 is 5.09. The summed E-state index contributed by atoms with van der Waals surface area (Å²) in [5, 5.41) is 3.46. The highest BCUT2D eigenvalue weighted by molar-refractivity contribution is 4.64. The fourth-order valence-corrected chi connectivity index (χ4v) is 1.47. The van der Waals surface area contributed by atoms with Crippen LogP contribution in [0.25, 0.3) is 0 Å². The number of methoxy groups -OCH3 is 1. The van der Waals surface area contributed by atoms with Gasteiger partial charge in [-0.15, -0.1) is 0 Å². The highest BCUT2D eigenvalue weighted by Crippen LogP contribution is 2.17. The predicted octanol–water partition coefficient (Wildman–Crippen LogP) is 2.68. The molecule has 14 heavy (non-hydrogen) atoms. The molecule has 0 spiro atoms. The van der Waals surface area contributed by atoms with Crippen molar-refractivity contribution in [3.63, 3.8) is 0 Å². The van der Waals surface area contributed by atoms with E-state index in [-0.39, 0.29) is 0 Å². The Bertz CT molecular complexity index is 125. The first kappa shape index (κ1) is 13.9. The Balaban J connectivity index is 3.46. The lowest BCUT2D eigenvalue weighted by Crippen LogP contribution is -2.26. The normalized spacial score (nSPS) is 15.9. The summed E-state index contributed by atoms with van der Waals surface area (Å²) in [6, 6.07) is 0.608. The van der Waals surface area contributed by atoms with Crippen LogP contribution in [0.1, 0.15) is 40.5 Å². The summed E-state index contributed by atoms with van der Waals surface area (Å²) in [5.74, 6) is 1.56. The second kappa shape index (κ2) is 8.25. The van der Waals surface area contributed by atoms with Gasteiger partial charge in [-0.2, -0.15) is 0 Å². The molecular formula is C12H27NO. The van der Waals surface area contributed by atoms with Crippen molar-refractivity contribution in [3.8, 4) is 0 Å². The Labute approximate surface area is 89.4 Å². The van der Waals surface area contributed by atoms with Crippen LogP contribution in [-0.2, 0) is 4.74 Å². The predicted molar refractivity (Wildman–Crippen MR) is 62.6 cm³/mol. The maximum absolute atomic E-state index is 5.09. The van der Waals surface area contributed by atoms with Crippen molar-refractivity contribution < 1.29 is 4.74 Å². The molecule has 0 bridgehead atoms. The molecule has 0 aliphatic carbocycles. The summed E-state index contributed by atoms with van der Waals surface area (Å²) in [4.78, 5) is 0. The maximum Gasteiger partial charge on any atom is 0.0464 e. The zero-order valence-corrected chi connectivity index (χ0v) is 10.5. The van der Waals surface area contributed by atoms with Crippen LogP contribution in [0.3, 0.4) is 0 Å². The van der Waals surface area contributed by atoms with Gasteiger partial charge in [0, 0.05) is 19.8 Å². The van der Waals surface area contributed by atoms with E-state index in [4.69, 9.17) is 4.74 Å². The standard InChI is InChI=1S/C12H27NO/c1-10(2)13-8-6-11(3)12(4)7-9-14-5/h10-13H,6-9H2,1-5H3. The van der Waals surface area contributed by atoms with Crippen LogP contribution >= 0.6 is 0 Å². The number of rotatable bonds is 8. The van der Waals surface area contributed by atoms with Gasteiger partial charge >= 0.3 is 0 Å². The lowest BCUT2D eigenvalue weighted by Gasteiger charge is -2.20. The Morgan fingerprint density at radius 3 is 2.07 bits per heavy atom. The van der Waals surface area contributed by atoms with Gasteiger partial charge < -0.3 is 10.1 Å². The van der Waals surface area contributed by atoms with Gasteiger partial charge in [-0.05, 0) is 31.2 Å². The largest absolute Gasteiger partial charge is 0.385 e. The lowest BCUT2D eigenvalue weighted by molar-refractivity contribution is 0.165. The maximum atomic E-state index is 5.09. The van der Waals surface area contributed by atoms with Crippen LogP contribution < -0.4 is 5.32 Å². The molecule has 0 aromatic rings. The van der Waals surface area contributed by atoms with E-state index < -0.39 is 0 Å². The molecule has 0 aromatic heterocycles. The molecular weight excluding hydrogens is 174 g/mol. The second-order valence-corrected chi connectivity index (χ2v) is 4.63. The molecule has 0 saturated heterocycles. The molecule has 2 atom stereocenters. The Morgan fingerprint density at radius 1 is 1.00 bits per heavy atom. The van der Waals surface area contributed by atoms with Crippen molar-refractivity contribution in [3.05, 3.63) is 0 Å². The number of ether oxygens (including phenoxy) is 1. The average molecular weight is 201 g/mol. The van der Waals surface area contributed by atoms with Crippen molar-refractivity contribution in [2.75, 3.05) is 20.3 Å². The summed E-state index contributed by atoms with van der Waals surface area (Å²) in [5.41, 5.74) is 0. The molecule has 0 aliphatic heterocycles. The van der Waals surface area contributed by atoms with Gasteiger partial charge in [0.1, 0.15) is 0 Å². The third-order valence-corrected chi connectivity index (χ3v) is 2.90. The van der Waals surface area contributed by atoms with Gasteiger partial charge in [0.15, 0.2) is 0 Å². The van der Waals surface area contributed by atoms with E-state index >= 15 is 0 Å². The first-order valence-electron chi connectivity index (χ1n) is 5.80. The first-order chi connectivity index (χ1) is 6.57. The van der Waals surface area contributed by atoms with Gasteiger partial charge in [0.2, 0.25) is 0 Å². The third kappa shape index (κ3) is 7.34. The van der Waals surface area contributed by atoms with Gasteiger partial charge in [0.25, 0.3) is 0 Å². The Hall–Kier alpha value is -0.0800. The van der Waals surface area contributed by atoms with Crippen molar-refractivity contribution in [1.29, 1.82) is 0 Å². The molecule has 0 heterocycles. The zero-order chi connectivity index (χ0) is 11.0. The van der Waals surface area contributed by atoms with E-state index in [1.165, 1.54) is 12.8 Å². The quantitative estimate of drug-likeness (QED) is 0.652. The molecule has 0 saturated carbocycles. The van der Waals surface area contributed by atoms with Crippen molar-refractivity contribution in [1.82, 2.24) is 5.32 Å². The van der Waals surface area contributed by atoms with Gasteiger partial charge in [-0.25, -0.2) is 0 Å². The van der Waals surface area contributed by atoms with E-state index in [1.54, 1.807) is 7.11 Å². The topological polar surface area (TPSA) is 21.3 Å². The molecule has 1 N–H and O–H groups in total. The number of hydrogen-bond acceptors (Lipinski definition) is 2. The van der Waals surface area contributed by atoms with E-state index in [0.717, 1.165) is 25.0 Å². The molecule has 0 fully saturated rings. The first-order valence-corrected chi connectivity index (χ1v) is 5.80. The monoisotopic (exact) mass is 201 g/mol. The van der Waals surface area contributed by atoms with Crippen LogP contribution in [-0.4, -0.2) is 26.3 Å². The Morgan fingerprint density at radius 2 is 1.57 bits per heavy atom. The van der Waals surface area contributed by atoms with Crippen LogP contribution in [0.15, 0.2) is 0 Å². The fraction of sp³-hybridized carbons (Fsp3) is 1.00. The van der Waals surface area contributed by atoms with Crippen LogP contribution in [0.2, 0.25) is 0 Å². The van der Waals surface area contributed by atoms with Gasteiger partial charge in [0.05, 0.1) is 0 Å². The van der Waals surface area contributed by atoms with Crippen molar-refractivity contribution >= 4 is 0 Å². The average Bonchev–Trinajstić information content (AvgIpc) is 2.13. The second-order valence-electron chi connectivity index (χ2n) is 4.63. The molecule has 2 nitrogen and oxygen atoms in total. The van der Waals surface area contributed by atoms with Crippen LogP contribution in [0.4, 0.5) is 0 Å². The summed E-state index contributed by atoms with van der Waals surface area (Å²) in [7, 11) is 1.78. The summed E-state index contributed by atoms with van der Waals surface area (Å²) in [6.45, 7) is 11.1. The number of nitrogens with one attached hydrogen (secondary N) is 1. The molecule has 0 radical (unpaired) electrons. The van der Waals surface area contributed by atoms with Crippen LogP contribution in [0.5, 0.6) is 0 Å². The lowest BCUT2D eigenvalue weighted by atomic mass is 9.90. The zero-order valence-electron chi connectivity index (χ0n) is 10.5. The molecule has 86 valence electrons. The minimum atomic E-state index is 0.608. The Kier molecular flexibility index (Phi) is 8.20. The number of hydrogen-bond donors (Lipinski definition) is 1. The van der Waals surface area contributed by atoms with Crippen LogP contribution in [0, 0.1) is 11.8 Å². The third-order valence-electron chi connectivity index (χ3n) is 2.90. The van der Waals surface area contributed by atoms with E-state index in [9.17, 15) is 0 Å². The molecule has 0 aromatic carbocycles. The highest BCUT2D eigenvalue weighted by atomic mass is 16.5. The van der Waals surface area contributed by atoms with Gasteiger partial charge in [-0.1, -0.05) is 27.7 Å².